The van der Waals surface area contributed by atoms with E-state index in [2.05, 4.69) is 30.9 Å². The monoisotopic (exact) mass is 597 g/mol. The van der Waals surface area contributed by atoms with Crippen molar-refractivity contribution in [3.63, 3.8) is 0 Å². The topological polar surface area (TPSA) is 107 Å². The molecule has 3 fully saturated rings. The minimum atomic E-state index is -1.05. The summed E-state index contributed by atoms with van der Waals surface area (Å²) in [5, 5.41) is 13.9. The summed E-state index contributed by atoms with van der Waals surface area (Å²) >= 11 is 0. The number of nitrogens with zero attached hydrogens (tertiary/aromatic N) is 7. The number of benzene rings is 1. The fraction of sp³-hybridized carbons (Fsp3) is 0.424. The molecular formula is C33H36FN7O3. The SMILES string of the molecule is CCN(CC1CCN(c2cccc(C(=O)O)n2)C1)C(=O)c1nc2c(C)cc(N3CC4(CCC4c4cccc(F)c4)C3)cn2n1. The molecule has 2 unspecified atom stereocenters. The Kier molecular flexibility index (Phi) is 6.98. The molecule has 1 saturated carbocycles. The van der Waals surface area contributed by atoms with Crippen LogP contribution in [0.25, 0.3) is 5.65 Å². The summed E-state index contributed by atoms with van der Waals surface area (Å²) in [5.41, 5.74) is 3.98. The third kappa shape index (κ3) is 4.93. The van der Waals surface area contributed by atoms with E-state index < -0.39 is 5.97 Å². The van der Waals surface area contributed by atoms with Crippen molar-refractivity contribution in [1.82, 2.24) is 24.5 Å². The molecule has 10 nitrogen and oxygen atoms in total. The Labute approximate surface area is 255 Å². The number of aromatic carboxylic acids is 1. The standard InChI is InChI=1S/C33H36FN7O3/c1-3-38(16-22-11-13-39(17-22)28-9-5-8-27(35-28)32(43)44)31(42)29-36-30-21(2)14-25(18-41(30)37-29)40-19-33(20-40)12-10-26(33)23-6-4-7-24(34)15-23/h4-9,14-15,18,22,26H,3,10-13,16-17,19-20H2,1-2H3,(H,43,44). The predicted molar refractivity (Wildman–Crippen MR) is 164 cm³/mol. The first-order valence-electron chi connectivity index (χ1n) is 15.3. The zero-order valence-corrected chi connectivity index (χ0v) is 25.0. The normalized spacial score (nSPS) is 20.5. The lowest BCUT2D eigenvalue weighted by Crippen LogP contribution is -2.63. The summed E-state index contributed by atoms with van der Waals surface area (Å²) in [4.78, 5) is 40.1. The number of carbonyl (C=O) groups excluding carboxylic acids is 1. The van der Waals surface area contributed by atoms with Gasteiger partial charge in [-0.2, -0.15) is 0 Å². The van der Waals surface area contributed by atoms with E-state index in [1.807, 2.05) is 32.2 Å². The third-order valence-electron chi connectivity index (χ3n) is 9.80. The van der Waals surface area contributed by atoms with Crippen LogP contribution in [0.15, 0.2) is 54.7 Å². The zero-order valence-electron chi connectivity index (χ0n) is 25.0. The summed E-state index contributed by atoms with van der Waals surface area (Å²) in [6.45, 7) is 8.32. The van der Waals surface area contributed by atoms with E-state index in [9.17, 15) is 19.1 Å². The van der Waals surface area contributed by atoms with Crippen molar-refractivity contribution < 1.29 is 19.1 Å². The molecule has 1 aliphatic carbocycles. The fourth-order valence-corrected chi connectivity index (χ4v) is 7.33. The molecule has 5 heterocycles. The lowest BCUT2D eigenvalue weighted by molar-refractivity contribution is 0.0518. The van der Waals surface area contributed by atoms with Gasteiger partial charge in [-0.25, -0.2) is 23.7 Å². The van der Waals surface area contributed by atoms with Crippen LogP contribution in [0.5, 0.6) is 0 Å². The molecule has 2 atom stereocenters. The molecule has 1 amide bonds. The molecule has 0 radical (unpaired) electrons. The summed E-state index contributed by atoms with van der Waals surface area (Å²) < 4.78 is 15.6. The van der Waals surface area contributed by atoms with Crippen molar-refractivity contribution in [3.05, 3.63) is 83.2 Å². The van der Waals surface area contributed by atoms with Gasteiger partial charge in [-0.1, -0.05) is 18.2 Å². The predicted octanol–water partition coefficient (Wildman–Crippen LogP) is 4.64. The van der Waals surface area contributed by atoms with Gasteiger partial charge in [0.1, 0.15) is 11.6 Å². The van der Waals surface area contributed by atoms with Crippen molar-refractivity contribution in [2.24, 2.45) is 11.3 Å². The van der Waals surface area contributed by atoms with E-state index in [1.165, 1.54) is 12.1 Å². The highest BCUT2D eigenvalue weighted by atomic mass is 19.1. The van der Waals surface area contributed by atoms with Gasteiger partial charge in [-0.15, -0.1) is 5.10 Å². The van der Waals surface area contributed by atoms with Gasteiger partial charge in [0.05, 0.1) is 11.9 Å². The number of aryl methyl sites for hydroxylation is 1. The van der Waals surface area contributed by atoms with Crippen LogP contribution in [0.2, 0.25) is 0 Å². The maximum absolute atomic E-state index is 13.9. The Balaban J connectivity index is 1.02. The van der Waals surface area contributed by atoms with E-state index in [1.54, 1.807) is 27.6 Å². The minimum Gasteiger partial charge on any atom is -0.477 e. The molecule has 2 saturated heterocycles. The van der Waals surface area contributed by atoms with Gasteiger partial charge >= 0.3 is 5.97 Å². The Hall–Kier alpha value is -4.54. The van der Waals surface area contributed by atoms with E-state index in [0.717, 1.165) is 55.7 Å². The van der Waals surface area contributed by atoms with E-state index in [0.29, 0.717) is 37.0 Å². The number of carboxylic acids is 1. The first-order chi connectivity index (χ1) is 21.2. The summed E-state index contributed by atoms with van der Waals surface area (Å²) in [6.07, 6.45) is 5.07. The van der Waals surface area contributed by atoms with Gasteiger partial charge in [-0.3, -0.25) is 4.79 Å². The number of carboxylic acid groups (broad SMARTS) is 1. The lowest BCUT2D eigenvalue weighted by atomic mass is 9.53. The van der Waals surface area contributed by atoms with E-state index in [-0.39, 0.29) is 34.6 Å². The van der Waals surface area contributed by atoms with Crippen LogP contribution in [0.4, 0.5) is 15.9 Å². The molecule has 3 aliphatic rings. The van der Waals surface area contributed by atoms with Crippen molar-refractivity contribution in [2.75, 3.05) is 49.1 Å². The van der Waals surface area contributed by atoms with E-state index >= 15 is 0 Å². The third-order valence-corrected chi connectivity index (χ3v) is 9.80. The molecule has 44 heavy (non-hydrogen) atoms. The molecule has 3 aromatic heterocycles. The molecule has 0 bridgehead atoms. The Morgan fingerprint density at radius 1 is 1.09 bits per heavy atom. The Bertz CT molecular complexity index is 1750. The second-order valence-corrected chi connectivity index (χ2v) is 12.6. The van der Waals surface area contributed by atoms with Gasteiger partial charge in [0.2, 0.25) is 5.82 Å². The average Bonchev–Trinajstić information content (AvgIpc) is 3.62. The van der Waals surface area contributed by atoms with Crippen LogP contribution in [0, 0.1) is 24.1 Å². The minimum absolute atomic E-state index is 0.0254. The number of anilines is 2. The van der Waals surface area contributed by atoms with E-state index in [4.69, 9.17) is 0 Å². The number of pyridine rings is 2. The van der Waals surface area contributed by atoms with Gasteiger partial charge in [-0.05, 0) is 86.4 Å². The highest BCUT2D eigenvalue weighted by Gasteiger charge is 2.55. The number of halogens is 1. The highest BCUT2D eigenvalue weighted by molar-refractivity contribution is 5.91. The molecule has 228 valence electrons. The van der Waals surface area contributed by atoms with Crippen LogP contribution in [0.1, 0.15) is 64.3 Å². The maximum Gasteiger partial charge on any atom is 0.354 e. The molecule has 11 heteroatoms. The van der Waals surface area contributed by atoms with Gasteiger partial charge in [0, 0.05) is 44.7 Å². The van der Waals surface area contributed by atoms with Crippen LogP contribution >= 0.6 is 0 Å². The van der Waals surface area contributed by atoms with Crippen molar-refractivity contribution in [3.8, 4) is 0 Å². The van der Waals surface area contributed by atoms with Gasteiger partial charge in [0.15, 0.2) is 11.3 Å². The average molecular weight is 598 g/mol. The van der Waals surface area contributed by atoms with Crippen molar-refractivity contribution in [1.29, 1.82) is 0 Å². The number of hydrogen-bond donors (Lipinski definition) is 1. The first kappa shape index (κ1) is 28.2. The summed E-state index contributed by atoms with van der Waals surface area (Å²) in [7, 11) is 0. The number of hydrogen-bond acceptors (Lipinski definition) is 7. The zero-order chi connectivity index (χ0) is 30.6. The van der Waals surface area contributed by atoms with Crippen LogP contribution in [-0.4, -0.2) is 80.7 Å². The second-order valence-electron chi connectivity index (χ2n) is 12.6. The van der Waals surface area contributed by atoms with Gasteiger partial charge in [0.25, 0.3) is 5.91 Å². The molecule has 1 N–H and O–H groups in total. The maximum atomic E-state index is 13.9. The smallest absolute Gasteiger partial charge is 0.354 e. The number of carbonyl (C=O) groups is 2. The van der Waals surface area contributed by atoms with Crippen LogP contribution in [0.3, 0.4) is 0 Å². The van der Waals surface area contributed by atoms with Gasteiger partial charge < -0.3 is 19.8 Å². The quantitative estimate of drug-likeness (QED) is 0.313. The molecular weight excluding hydrogens is 561 g/mol. The molecule has 1 spiro atoms. The highest BCUT2D eigenvalue weighted by Crippen LogP contribution is 2.58. The number of fused-ring (bicyclic) bond motifs is 1. The molecule has 1 aromatic carbocycles. The summed E-state index contributed by atoms with van der Waals surface area (Å²) in [6, 6.07) is 14.2. The van der Waals surface area contributed by atoms with Crippen LogP contribution in [-0.2, 0) is 0 Å². The number of aromatic nitrogens is 4. The second kappa shape index (κ2) is 10.9. The number of rotatable bonds is 8. The first-order valence-corrected chi connectivity index (χ1v) is 15.3. The van der Waals surface area contributed by atoms with Crippen LogP contribution < -0.4 is 9.80 Å². The molecule has 2 aliphatic heterocycles. The molecule has 4 aromatic rings. The Morgan fingerprint density at radius 3 is 2.64 bits per heavy atom. The molecule has 7 rings (SSSR count). The largest absolute Gasteiger partial charge is 0.477 e. The Morgan fingerprint density at radius 2 is 1.91 bits per heavy atom. The number of amides is 1. The van der Waals surface area contributed by atoms with Crippen molar-refractivity contribution in [2.45, 2.75) is 39.0 Å². The summed E-state index contributed by atoms with van der Waals surface area (Å²) in [5.74, 6) is 0.0130. The lowest BCUT2D eigenvalue weighted by Gasteiger charge is -2.61. The fourth-order valence-electron chi connectivity index (χ4n) is 7.33. The van der Waals surface area contributed by atoms with Crippen molar-refractivity contribution >= 4 is 29.0 Å².